The molecule has 2 atom stereocenters. The molecule has 0 N–H and O–H groups in total. The Morgan fingerprint density at radius 2 is 1.79 bits per heavy atom. The van der Waals surface area contributed by atoms with Crippen molar-refractivity contribution < 1.29 is 4.74 Å². The lowest BCUT2D eigenvalue weighted by Gasteiger charge is -2.30. The van der Waals surface area contributed by atoms with Crippen LogP contribution in [0.3, 0.4) is 0 Å². The van der Waals surface area contributed by atoms with Crippen LogP contribution in [0.1, 0.15) is 35.6 Å². The van der Waals surface area contributed by atoms with Crippen LogP contribution < -0.4 is 4.74 Å². The number of hydrogen-bond donors (Lipinski definition) is 0. The highest BCUT2D eigenvalue weighted by molar-refractivity contribution is 5.79. The molecule has 1 fully saturated rings. The predicted molar refractivity (Wildman–Crippen MR) is 98.1 cm³/mol. The number of aliphatic imine (C=N–C) groups is 1. The van der Waals surface area contributed by atoms with E-state index in [4.69, 9.17) is 4.74 Å². The first-order valence-corrected chi connectivity index (χ1v) is 8.86. The molecular formula is C21H24N2O. The second-order valence-corrected chi connectivity index (χ2v) is 6.71. The highest BCUT2D eigenvalue weighted by Crippen LogP contribution is 2.39. The molecule has 1 heterocycles. The molecule has 0 radical (unpaired) electrons. The average Bonchev–Trinajstić information content (AvgIpc) is 3.25. The molecule has 2 aromatic rings. The first-order chi connectivity index (χ1) is 11.8. The van der Waals surface area contributed by atoms with Crippen LogP contribution in [0.4, 0.5) is 0 Å². The zero-order valence-corrected chi connectivity index (χ0v) is 14.2. The molecule has 0 spiro atoms. The molecular weight excluding hydrogens is 296 g/mol. The Hall–Kier alpha value is -2.13. The smallest absolute Gasteiger partial charge is 0.140 e. The fraction of sp³-hybridized carbons (Fsp3) is 0.381. The van der Waals surface area contributed by atoms with Gasteiger partial charge in [0, 0.05) is 13.3 Å². The lowest BCUT2D eigenvalue weighted by atomic mass is 10.1. The molecule has 0 aromatic heterocycles. The van der Waals surface area contributed by atoms with Gasteiger partial charge in [-0.25, -0.2) is 0 Å². The number of ether oxygens (including phenoxy) is 1. The second-order valence-electron chi connectivity index (χ2n) is 6.71. The molecule has 4 rings (SSSR count). The van der Waals surface area contributed by atoms with Crippen LogP contribution in [0, 0.1) is 0 Å². The number of rotatable bonds is 4. The number of hydrogen-bond acceptors (Lipinski definition) is 3. The van der Waals surface area contributed by atoms with Crippen molar-refractivity contribution >= 4 is 6.21 Å². The van der Waals surface area contributed by atoms with Gasteiger partial charge in [-0.2, -0.15) is 0 Å². The molecule has 1 saturated heterocycles. The highest BCUT2D eigenvalue weighted by Gasteiger charge is 2.38. The van der Waals surface area contributed by atoms with E-state index in [-0.39, 0.29) is 6.10 Å². The topological polar surface area (TPSA) is 24.8 Å². The van der Waals surface area contributed by atoms with Gasteiger partial charge in [0.2, 0.25) is 0 Å². The third-order valence-corrected chi connectivity index (χ3v) is 5.17. The molecule has 1 aliphatic carbocycles. The van der Waals surface area contributed by atoms with Crippen molar-refractivity contribution in [3.05, 3.63) is 65.2 Å². The quantitative estimate of drug-likeness (QED) is 0.799. The monoisotopic (exact) mass is 320 g/mol. The highest BCUT2D eigenvalue weighted by atomic mass is 16.5. The van der Waals surface area contributed by atoms with E-state index >= 15 is 0 Å². The second kappa shape index (κ2) is 6.78. The van der Waals surface area contributed by atoms with Crippen LogP contribution in [0.5, 0.6) is 5.75 Å². The zero-order valence-electron chi connectivity index (χ0n) is 14.2. The predicted octanol–water partition coefficient (Wildman–Crippen LogP) is 3.88. The summed E-state index contributed by atoms with van der Waals surface area (Å²) < 4.78 is 6.47. The van der Waals surface area contributed by atoms with Gasteiger partial charge < -0.3 is 4.74 Å². The molecule has 3 nitrogen and oxygen atoms in total. The summed E-state index contributed by atoms with van der Waals surface area (Å²) in [6.07, 6.45) is 5.71. The van der Waals surface area contributed by atoms with E-state index in [9.17, 15) is 0 Å². The van der Waals surface area contributed by atoms with Crippen LogP contribution in [0.2, 0.25) is 0 Å². The lowest BCUT2D eigenvalue weighted by molar-refractivity contribution is 0.0941. The standard InChI is InChI=1S/C21H24N2O/c1-22-15-16-8-10-18(11-9-16)24-21-19-7-3-2-6-17(19)14-20(21)23-12-4-5-13-23/h2-3,6-11,15,20-21H,4-5,12-14H2,1H3/t20-,21-/m0/s1. The Morgan fingerprint density at radius 1 is 1.04 bits per heavy atom. The molecule has 24 heavy (non-hydrogen) atoms. The molecule has 1 aliphatic heterocycles. The van der Waals surface area contributed by atoms with Crippen LogP contribution >= 0.6 is 0 Å². The van der Waals surface area contributed by atoms with E-state index < -0.39 is 0 Å². The van der Waals surface area contributed by atoms with Gasteiger partial charge in [-0.3, -0.25) is 9.89 Å². The van der Waals surface area contributed by atoms with Gasteiger partial charge >= 0.3 is 0 Å². The number of benzene rings is 2. The average molecular weight is 320 g/mol. The van der Waals surface area contributed by atoms with E-state index in [0.29, 0.717) is 6.04 Å². The third-order valence-electron chi connectivity index (χ3n) is 5.17. The summed E-state index contributed by atoms with van der Waals surface area (Å²) in [6.45, 7) is 2.40. The third kappa shape index (κ3) is 2.96. The van der Waals surface area contributed by atoms with Crippen molar-refractivity contribution in [1.82, 2.24) is 4.90 Å². The molecule has 0 unspecified atom stereocenters. The summed E-state index contributed by atoms with van der Waals surface area (Å²) in [5.74, 6) is 0.939. The van der Waals surface area contributed by atoms with E-state index in [2.05, 4.69) is 58.4 Å². The van der Waals surface area contributed by atoms with Crippen LogP contribution in [-0.2, 0) is 6.42 Å². The van der Waals surface area contributed by atoms with Crippen molar-refractivity contribution in [3.8, 4) is 5.75 Å². The minimum atomic E-state index is 0.130. The fourth-order valence-electron chi connectivity index (χ4n) is 4.00. The van der Waals surface area contributed by atoms with Crippen LogP contribution in [0.15, 0.2) is 53.5 Å². The Kier molecular flexibility index (Phi) is 4.35. The molecule has 0 saturated carbocycles. The molecule has 124 valence electrons. The van der Waals surface area contributed by atoms with E-state index in [1.165, 1.54) is 37.1 Å². The summed E-state index contributed by atoms with van der Waals surface area (Å²) in [5.41, 5.74) is 3.90. The molecule has 0 bridgehead atoms. The van der Waals surface area contributed by atoms with Crippen molar-refractivity contribution in [2.24, 2.45) is 4.99 Å². The largest absolute Gasteiger partial charge is 0.484 e. The summed E-state index contributed by atoms with van der Waals surface area (Å²) in [6, 6.07) is 17.4. The summed E-state index contributed by atoms with van der Waals surface area (Å²) in [7, 11) is 1.79. The van der Waals surface area contributed by atoms with Crippen molar-refractivity contribution in [3.63, 3.8) is 0 Å². The van der Waals surface area contributed by atoms with Gasteiger partial charge in [-0.15, -0.1) is 0 Å². The molecule has 0 amide bonds. The van der Waals surface area contributed by atoms with Gasteiger partial charge in [0.15, 0.2) is 0 Å². The summed E-state index contributed by atoms with van der Waals surface area (Å²) in [4.78, 5) is 6.67. The van der Waals surface area contributed by atoms with Crippen molar-refractivity contribution in [1.29, 1.82) is 0 Å². The van der Waals surface area contributed by atoms with Crippen LogP contribution in [0.25, 0.3) is 0 Å². The lowest BCUT2D eigenvalue weighted by Crippen LogP contribution is -2.37. The van der Waals surface area contributed by atoms with E-state index in [0.717, 1.165) is 17.7 Å². The zero-order chi connectivity index (χ0) is 16.4. The maximum Gasteiger partial charge on any atom is 0.140 e. The normalized spacial score (nSPS) is 23.7. The number of likely N-dealkylation sites (tertiary alicyclic amines) is 1. The molecule has 2 aliphatic rings. The maximum absolute atomic E-state index is 6.47. The van der Waals surface area contributed by atoms with Gasteiger partial charge in [-0.1, -0.05) is 24.3 Å². The minimum Gasteiger partial charge on any atom is -0.484 e. The number of fused-ring (bicyclic) bond motifs is 1. The van der Waals surface area contributed by atoms with Crippen molar-refractivity contribution in [2.75, 3.05) is 20.1 Å². The van der Waals surface area contributed by atoms with Crippen molar-refractivity contribution in [2.45, 2.75) is 31.4 Å². The number of nitrogens with zero attached hydrogens (tertiary/aromatic N) is 2. The van der Waals surface area contributed by atoms with Gasteiger partial charge in [-0.05, 0) is 73.3 Å². The minimum absolute atomic E-state index is 0.130. The first kappa shape index (κ1) is 15.4. The Labute approximate surface area is 144 Å². The summed E-state index contributed by atoms with van der Waals surface area (Å²) >= 11 is 0. The van der Waals surface area contributed by atoms with Gasteiger partial charge in [0.1, 0.15) is 11.9 Å². The molecule has 2 aromatic carbocycles. The van der Waals surface area contributed by atoms with Gasteiger partial charge in [0.25, 0.3) is 0 Å². The maximum atomic E-state index is 6.47. The Balaban J connectivity index is 1.59. The van der Waals surface area contributed by atoms with Crippen LogP contribution in [-0.4, -0.2) is 37.3 Å². The van der Waals surface area contributed by atoms with Gasteiger partial charge in [0.05, 0.1) is 6.04 Å². The SMILES string of the molecule is CN=Cc1ccc(O[C@H]2c3ccccc3C[C@@H]2N2CCCC2)cc1. The molecule has 3 heteroatoms. The Bertz CT molecular complexity index is 717. The van der Waals surface area contributed by atoms with E-state index in [1.807, 2.05) is 6.21 Å². The Morgan fingerprint density at radius 3 is 2.54 bits per heavy atom. The first-order valence-electron chi connectivity index (χ1n) is 8.86. The summed E-state index contributed by atoms with van der Waals surface area (Å²) in [5, 5.41) is 0. The van der Waals surface area contributed by atoms with E-state index in [1.54, 1.807) is 7.05 Å². The fourth-order valence-corrected chi connectivity index (χ4v) is 4.00.